The summed E-state index contributed by atoms with van der Waals surface area (Å²) < 4.78 is 27.4. The van der Waals surface area contributed by atoms with Crippen molar-refractivity contribution in [2.75, 3.05) is 19.6 Å². The number of fused-ring (bicyclic) bond motifs is 1. The van der Waals surface area contributed by atoms with Gasteiger partial charge < -0.3 is 4.98 Å². The number of hydrogen-bond acceptors (Lipinski definition) is 4. The van der Waals surface area contributed by atoms with Crippen LogP contribution in [-0.4, -0.2) is 55.6 Å². The lowest BCUT2D eigenvalue weighted by Crippen LogP contribution is -2.26. The second-order valence-corrected chi connectivity index (χ2v) is 9.96. The molecule has 204 valence electrons. The highest BCUT2D eigenvalue weighted by atomic mass is 19.3. The predicted octanol–water partition coefficient (Wildman–Crippen LogP) is 7.13. The standard InChI is InChI=1S/C32H32F2N6/c1-5-9-26(24-10-8-12-35-17-24)27-16-29(37-21(27)4)30-28-15-25(18-36-31(28)39-38-30)23(7-3)14-22(6-2)19-40-13-11-32(33,34)20-40/h5-10,12,14-18,37H,1-2,11,13,19-20H2,3-4H3,(H,36,38,39)/b22-14+,23-7+,26-9-. The number of H-pyrrole nitrogens is 2. The Kier molecular flexibility index (Phi) is 7.71. The number of alkyl halides is 2. The average Bonchev–Trinajstić information content (AvgIpc) is 3.65. The van der Waals surface area contributed by atoms with Gasteiger partial charge in [-0.1, -0.05) is 49.6 Å². The number of likely N-dealkylation sites (tertiary alicyclic amines) is 1. The lowest BCUT2D eigenvalue weighted by Gasteiger charge is -2.16. The summed E-state index contributed by atoms with van der Waals surface area (Å²) >= 11 is 0. The van der Waals surface area contributed by atoms with Crippen LogP contribution in [0.15, 0.2) is 92.0 Å². The topological polar surface area (TPSA) is 73.5 Å². The van der Waals surface area contributed by atoms with Crippen molar-refractivity contribution in [3.05, 3.63) is 114 Å². The summed E-state index contributed by atoms with van der Waals surface area (Å²) in [6, 6.07) is 8.08. The van der Waals surface area contributed by atoms with Gasteiger partial charge in [0, 0.05) is 65.9 Å². The lowest BCUT2D eigenvalue weighted by molar-refractivity contribution is 0.0131. The second-order valence-electron chi connectivity index (χ2n) is 9.96. The summed E-state index contributed by atoms with van der Waals surface area (Å²) in [5.74, 6) is -2.63. The molecule has 1 saturated heterocycles. The van der Waals surface area contributed by atoms with Crippen molar-refractivity contribution < 1.29 is 8.78 Å². The third-order valence-corrected chi connectivity index (χ3v) is 7.14. The Bertz CT molecular complexity index is 1640. The van der Waals surface area contributed by atoms with E-state index in [9.17, 15) is 8.78 Å². The van der Waals surface area contributed by atoms with Gasteiger partial charge in [0.1, 0.15) is 0 Å². The molecule has 0 unspecified atom stereocenters. The van der Waals surface area contributed by atoms with Gasteiger partial charge in [-0.05, 0) is 48.8 Å². The third-order valence-electron chi connectivity index (χ3n) is 7.14. The van der Waals surface area contributed by atoms with Gasteiger partial charge in [0.25, 0.3) is 5.92 Å². The molecule has 6 nitrogen and oxygen atoms in total. The van der Waals surface area contributed by atoms with Gasteiger partial charge >= 0.3 is 0 Å². The number of pyridine rings is 2. The number of aromatic nitrogens is 5. The van der Waals surface area contributed by atoms with Crippen LogP contribution in [-0.2, 0) is 0 Å². The average molecular weight is 539 g/mol. The van der Waals surface area contributed by atoms with E-state index < -0.39 is 5.92 Å². The number of nitrogens with one attached hydrogen (secondary N) is 2. The van der Waals surface area contributed by atoms with Gasteiger partial charge in [-0.15, -0.1) is 0 Å². The largest absolute Gasteiger partial charge is 0.357 e. The monoisotopic (exact) mass is 538 g/mol. The van der Waals surface area contributed by atoms with Crippen LogP contribution in [0, 0.1) is 6.92 Å². The zero-order chi connectivity index (χ0) is 28.3. The van der Waals surface area contributed by atoms with Crippen molar-refractivity contribution in [1.82, 2.24) is 30.0 Å². The summed E-state index contributed by atoms with van der Waals surface area (Å²) in [6.45, 7) is 12.4. The second kappa shape index (κ2) is 11.4. The minimum Gasteiger partial charge on any atom is -0.357 e. The number of halogens is 2. The molecule has 0 saturated carbocycles. The van der Waals surface area contributed by atoms with Crippen molar-refractivity contribution in [3.63, 3.8) is 0 Å². The number of aromatic amines is 2. The molecule has 1 fully saturated rings. The van der Waals surface area contributed by atoms with E-state index >= 15 is 0 Å². The molecule has 1 aliphatic heterocycles. The quantitative estimate of drug-likeness (QED) is 0.222. The first kappa shape index (κ1) is 27.1. The van der Waals surface area contributed by atoms with E-state index in [0.29, 0.717) is 18.7 Å². The molecule has 0 amide bonds. The third kappa shape index (κ3) is 5.62. The smallest absolute Gasteiger partial charge is 0.261 e. The van der Waals surface area contributed by atoms with Gasteiger partial charge in [0.2, 0.25) is 0 Å². The number of nitrogens with zero attached hydrogens (tertiary/aromatic N) is 4. The van der Waals surface area contributed by atoms with E-state index in [2.05, 4.69) is 50.4 Å². The zero-order valence-corrected chi connectivity index (χ0v) is 22.7. The predicted molar refractivity (Wildman–Crippen MR) is 158 cm³/mol. The summed E-state index contributed by atoms with van der Waals surface area (Å²) in [6.07, 6.45) is 14.7. The van der Waals surface area contributed by atoms with Crippen molar-refractivity contribution in [3.8, 4) is 11.4 Å². The molecule has 0 atom stereocenters. The van der Waals surface area contributed by atoms with Gasteiger partial charge in [0.15, 0.2) is 5.65 Å². The minimum atomic E-state index is -2.63. The number of aryl methyl sites for hydroxylation is 1. The Morgan fingerprint density at radius 1 is 1.20 bits per heavy atom. The van der Waals surface area contributed by atoms with Crippen LogP contribution in [0.2, 0.25) is 0 Å². The van der Waals surface area contributed by atoms with E-state index in [1.165, 1.54) is 0 Å². The van der Waals surface area contributed by atoms with E-state index in [4.69, 9.17) is 0 Å². The number of hydrogen-bond donors (Lipinski definition) is 2. The maximum Gasteiger partial charge on any atom is 0.261 e. The van der Waals surface area contributed by atoms with E-state index in [1.54, 1.807) is 29.4 Å². The fourth-order valence-electron chi connectivity index (χ4n) is 5.12. The summed E-state index contributed by atoms with van der Waals surface area (Å²) in [4.78, 5) is 14.1. The van der Waals surface area contributed by atoms with E-state index in [-0.39, 0.29) is 13.0 Å². The molecule has 0 aromatic carbocycles. The van der Waals surface area contributed by atoms with E-state index in [0.717, 1.165) is 55.9 Å². The molecular formula is C32H32F2N6. The Morgan fingerprint density at radius 3 is 2.73 bits per heavy atom. The van der Waals surface area contributed by atoms with Crippen molar-refractivity contribution in [2.24, 2.45) is 0 Å². The van der Waals surface area contributed by atoms with Gasteiger partial charge in [-0.2, -0.15) is 5.10 Å². The molecule has 4 aromatic heterocycles. The number of allylic oxidation sites excluding steroid dienone is 5. The normalized spacial score (nSPS) is 16.6. The highest BCUT2D eigenvalue weighted by molar-refractivity contribution is 5.94. The Labute approximate surface area is 232 Å². The molecule has 0 spiro atoms. The highest BCUT2D eigenvalue weighted by Gasteiger charge is 2.37. The van der Waals surface area contributed by atoms with Crippen LogP contribution in [0.5, 0.6) is 0 Å². The summed E-state index contributed by atoms with van der Waals surface area (Å²) in [5, 5.41) is 8.45. The van der Waals surface area contributed by atoms with Gasteiger partial charge in [-0.3, -0.25) is 15.0 Å². The van der Waals surface area contributed by atoms with Crippen LogP contribution in [0.25, 0.3) is 33.6 Å². The molecule has 4 aromatic rings. The summed E-state index contributed by atoms with van der Waals surface area (Å²) in [7, 11) is 0. The molecule has 1 aliphatic rings. The van der Waals surface area contributed by atoms with Gasteiger partial charge in [0.05, 0.1) is 17.9 Å². The van der Waals surface area contributed by atoms with Gasteiger partial charge in [-0.25, -0.2) is 13.8 Å². The molecule has 0 radical (unpaired) electrons. The van der Waals surface area contributed by atoms with Crippen LogP contribution < -0.4 is 0 Å². The molecule has 40 heavy (non-hydrogen) atoms. The molecule has 5 heterocycles. The molecule has 2 N–H and O–H groups in total. The first-order valence-corrected chi connectivity index (χ1v) is 13.2. The Morgan fingerprint density at radius 2 is 2.05 bits per heavy atom. The fourth-order valence-corrected chi connectivity index (χ4v) is 5.12. The Balaban J connectivity index is 1.48. The maximum atomic E-state index is 13.7. The highest BCUT2D eigenvalue weighted by Crippen LogP contribution is 2.33. The molecule has 8 heteroatoms. The van der Waals surface area contributed by atoms with Crippen LogP contribution in [0.3, 0.4) is 0 Å². The van der Waals surface area contributed by atoms with Crippen molar-refractivity contribution in [2.45, 2.75) is 26.2 Å². The molecule has 0 aliphatic carbocycles. The van der Waals surface area contributed by atoms with Crippen LogP contribution >= 0.6 is 0 Å². The summed E-state index contributed by atoms with van der Waals surface area (Å²) in [5.41, 5.74) is 9.05. The Hall–Kier alpha value is -4.43. The van der Waals surface area contributed by atoms with Crippen molar-refractivity contribution >= 4 is 22.2 Å². The van der Waals surface area contributed by atoms with Crippen LogP contribution in [0.1, 0.15) is 35.7 Å². The maximum absolute atomic E-state index is 13.7. The SMILES string of the molecule is C=C/C=C(/c1cccnc1)c1cc(-c2[nH]nc3ncc(C(/C=C(\C=C)CN4CCC(F)(F)C4)=C/C)cc23)[nH]c1C. The van der Waals surface area contributed by atoms with Crippen LogP contribution in [0.4, 0.5) is 8.78 Å². The fraction of sp³-hybridized carbons (Fsp3) is 0.219. The van der Waals surface area contributed by atoms with Crippen molar-refractivity contribution in [1.29, 1.82) is 0 Å². The molecule has 0 bridgehead atoms. The zero-order valence-electron chi connectivity index (χ0n) is 22.7. The van der Waals surface area contributed by atoms with E-state index in [1.807, 2.05) is 50.4 Å². The first-order valence-electron chi connectivity index (χ1n) is 13.2. The number of rotatable bonds is 9. The molecule has 5 rings (SSSR count). The first-order chi connectivity index (χ1) is 19.3. The lowest BCUT2D eigenvalue weighted by atomic mass is 9.98. The molecular weight excluding hydrogens is 506 g/mol. The minimum absolute atomic E-state index is 0.106.